The van der Waals surface area contributed by atoms with E-state index in [-0.39, 0.29) is 24.2 Å². The van der Waals surface area contributed by atoms with Gasteiger partial charge in [-0.2, -0.15) is 0 Å². The van der Waals surface area contributed by atoms with Crippen LogP contribution in [0.5, 0.6) is 0 Å². The SMILES string of the molecule is CCO.CCO.O.O. The van der Waals surface area contributed by atoms with Gasteiger partial charge in [0.05, 0.1) is 0 Å². The molecular weight excluding hydrogens is 112 g/mol. The maximum absolute atomic E-state index is 7.57. The van der Waals surface area contributed by atoms with Crippen LogP contribution in [0.2, 0.25) is 0 Å². The van der Waals surface area contributed by atoms with E-state index in [1.54, 1.807) is 13.8 Å². The van der Waals surface area contributed by atoms with Crippen molar-refractivity contribution >= 4 is 0 Å². The second-order valence-electron chi connectivity index (χ2n) is 0.632. The lowest BCUT2D eigenvalue weighted by Gasteiger charge is -1.52. The zero-order valence-corrected chi connectivity index (χ0v) is 5.31. The van der Waals surface area contributed by atoms with Gasteiger partial charge in [-0.15, -0.1) is 0 Å². The predicted octanol–water partition coefficient (Wildman–Crippen LogP) is -1.65. The highest BCUT2D eigenvalue weighted by Gasteiger charge is 1.34. The van der Waals surface area contributed by atoms with Gasteiger partial charge in [-0.25, -0.2) is 0 Å². The number of aliphatic hydroxyl groups excluding tert-OH is 2. The van der Waals surface area contributed by atoms with Crippen LogP contribution in [0.4, 0.5) is 0 Å². The Morgan fingerprint density at radius 3 is 0.875 bits per heavy atom. The van der Waals surface area contributed by atoms with Crippen LogP contribution >= 0.6 is 0 Å². The van der Waals surface area contributed by atoms with Crippen molar-refractivity contribution in [1.29, 1.82) is 0 Å². The van der Waals surface area contributed by atoms with Crippen molar-refractivity contribution < 1.29 is 21.2 Å². The molecule has 6 N–H and O–H groups in total. The van der Waals surface area contributed by atoms with Gasteiger partial charge in [-0.05, 0) is 13.8 Å². The molecule has 0 aliphatic carbocycles. The Hall–Kier alpha value is -0.160. The molecule has 0 unspecified atom stereocenters. The molecule has 4 heteroatoms. The van der Waals surface area contributed by atoms with Gasteiger partial charge in [-0.3, -0.25) is 0 Å². The summed E-state index contributed by atoms with van der Waals surface area (Å²) in [4.78, 5) is 0. The average molecular weight is 128 g/mol. The molecule has 0 aliphatic rings. The first-order valence-electron chi connectivity index (χ1n) is 2.05. The molecule has 0 atom stereocenters. The molecule has 0 radical (unpaired) electrons. The minimum Gasteiger partial charge on any atom is -0.412 e. The molecule has 0 heterocycles. The summed E-state index contributed by atoms with van der Waals surface area (Å²) in [7, 11) is 0. The van der Waals surface area contributed by atoms with Crippen LogP contribution in [0.15, 0.2) is 0 Å². The Bertz CT molecular complexity index is 10.0. The third-order valence-corrected chi connectivity index (χ3v) is 0. The van der Waals surface area contributed by atoms with E-state index < -0.39 is 0 Å². The monoisotopic (exact) mass is 128 g/mol. The Kier molecular flexibility index (Phi) is 214. The van der Waals surface area contributed by atoms with Crippen LogP contribution in [0.3, 0.4) is 0 Å². The minimum atomic E-state index is 0. The van der Waals surface area contributed by atoms with Gasteiger partial charge in [0.15, 0.2) is 0 Å². The average Bonchev–Trinajstić information content (AvgIpc) is 1.39. The standard InChI is InChI=1S/2C2H6O.2H2O/c2*1-2-3;;/h2*3H,2H2,1H3;2*1H2. The molecule has 0 saturated heterocycles. The first-order chi connectivity index (χ1) is 2.83. The Morgan fingerprint density at radius 1 is 0.875 bits per heavy atom. The van der Waals surface area contributed by atoms with Crippen LogP contribution in [-0.2, 0) is 0 Å². The van der Waals surface area contributed by atoms with Crippen molar-refractivity contribution in [3.63, 3.8) is 0 Å². The second kappa shape index (κ2) is 68.9. The van der Waals surface area contributed by atoms with Crippen LogP contribution < -0.4 is 0 Å². The number of hydrogen-bond acceptors (Lipinski definition) is 2. The summed E-state index contributed by atoms with van der Waals surface area (Å²) >= 11 is 0. The fourth-order valence-corrected chi connectivity index (χ4v) is 0. The molecule has 8 heavy (non-hydrogen) atoms. The number of aliphatic hydroxyl groups is 2. The molecule has 0 aromatic rings. The van der Waals surface area contributed by atoms with E-state index in [0.717, 1.165) is 0 Å². The van der Waals surface area contributed by atoms with Gasteiger partial charge >= 0.3 is 0 Å². The van der Waals surface area contributed by atoms with E-state index in [1.807, 2.05) is 0 Å². The lowest BCUT2D eigenvalue weighted by molar-refractivity contribution is 0.318. The highest BCUT2D eigenvalue weighted by molar-refractivity contribution is 3.84. The second-order valence-corrected chi connectivity index (χ2v) is 0.632. The normalized spacial score (nSPS) is 4.50. The van der Waals surface area contributed by atoms with Crippen molar-refractivity contribution in [3.05, 3.63) is 0 Å². The summed E-state index contributed by atoms with van der Waals surface area (Å²) in [6.45, 7) is 3.86. The molecule has 0 rings (SSSR count). The molecule has 0 fully saturated rings. The van der Waals surface area contributed by atoms with E-state index in [0.29, 0.717) is 0 Å². The highest BCUT2D eigenvalue weighted by atomic mass is 16.3. The van der Waals surface area contributed by atoms with Gasteiger partial charge in [0, 0.05) is 13.2 Å². The Morgan fingerprint density at radius 2 is 0.875 bits per heavy atom. The third-order valence-electron chi connectivity index (χ3n) is 0. The lowest BCUT2D eigenvalue weighted by atomic mass is 10.9. The van der Waals surface area contributed by atoms with Gasteiger partial charge in [-0.1, -0.05) is 0 Å². The molecule has 0 aliphatic heterocycles. The lowest BCUT2D eigenvalue weighted by Crippen LogP contribution is -1.57. The molecular formula is C4H16O4. The van der Waals surface area contributed by atoms with Gasteiger partial charge in [0.25, 0.3) is 0 Å². The van der Waals surface area contributed by atoms with Crippen LogP contribution in [0, 0.1) is 0 Å². The first kappa shape index (κ1) is 24.9. The molecule has 0 amide bonds. The van der Waals surface area contributed by atoms with Crippen LogP contribution in [0.1, 0.15) is 13.8 Å². The summed E-state index contributed by atoms with van der Waals surface area (Å²) in [6, 6.07) is 0. The molecule has 0 spiro atoms. The fraction of sp³-hybridized carbons (Fsp3) is 1.00. The molecule has 0 bridgehead atoms. The van der Waals surface area contributed by atoms with Gasteiger partial charge in [0.1, 0.15) is 0 Å². The molecule has 4 nitrogen and oxygen atoms in total. The fourth-order valence-electron chi connectivity index (χ4n) is 0. The van der Waals surface area contributed by atoms with E-state index in [1.165, 1.54) is 0 Å². The van der Waals surface area contributed by atoms with E-state index in [4.69, 9.17) is 10.2 Å². The van der Waals surface area contributed by atoms with Crippen LogP contribution in [0.25, 0.3) is 0 Å². The summed E-state index contributed by atoms with van der Waals surface area (Å²) in [5, 5.41) is 15.1. The Labute approximate surface area is 49.4 Å². The first-order valence-corrected chi connectivity index (χ1v) is 2.05. The number of rotatable bonds is 0. The topological polar surface area (TPSA) is 103 Å². The van der Waals surface area contributed by atoms with Gasteiger partial charge < -0.3 is 21.2 Å². The minimum absolute atomic E-state index is 0. The molecule has 56 valence electrons. The van der Waals surface area contributed by atoms with E-state index in [2.05, 4.69) is 0 Å². The number of hydrogen-bond donors (Lipinski definition) is 2. The molecule has 0 aromatic carbocycles. The zero-order chi connectivity index (χ0) is 5.41. The summed E-state index contributed by atoms with van der Waals surface area (Å²) < 4.78 is 0. The summed E-state index contributed by atoms with van der Waals surface area (Å²) in [6.07, 6.45) is 0. The summed E-state index contributed by atoms with van der Waals surface area (Å²) in [5.41, 5.74) is 0. The quantitative estimate of drug-likeness (QED) is 0.408. The van der Waals surface area contributed by atoms with Crippen LogP contribution in [-0.4, -0.2) is 34.4 Å². The predicted molar refractivity (Wildman–Crippen MR) is 32.7 cm³/mol. The van der Waals surface area contributed by atoms with E-state index in [9.17, 15) is 0 Å². The maximum Gasteiger partial charge on any atom is 0.0402 e. The van der Waals surface area contributed by atoms with E-state index >= 15 is 0 Å². The van der Waals surface area contributed by atoms with Crippen molar-refractivity contribution in [3.8, 4) is 0 Å². The van der Waals surface area contributed by atoms with Crippen molar-refractivity contribution in [2.24, 2.45) is 0 Å². The van der Waals surface area contributed by atoms with Crippen molar-refractivity contribution in [2.45, 2.75) is 13.8 Å². The molecule has 0 saturated carbocycles. The van der Waals surface area contributed by atoms with Crippen molar-refractivity contribution in [2.75, 3.05) is 13.2 Å². The smallest absolute Gasteiger partial charge is 0.0402 e. The summed E-state index contributed by atoms with van der Waals surface area (Å²) in [5.74, 6) is 0. The Balaban J connectivity index is -0.0000000160. The highest BCUT2D eigenvalue weighted by Crippen LogP contribution is 1.30. The van der Waals surface area contributed by atoms with Gasteiger partial charge in [0.2, 0.25) is 0 Å². The molecule has 0 aromatic heterocycles. The zero-order valence-electron chi connectivity index (χ0n) is 5.31. The third kappa shape index (κ3) is 5340. The maximum atomic E-state index is 7.57. The largest absolute Gasteiger partial charge is 0.412 e. The van der Waals surface area contributed by atoms with Crippen molar-refractivity contribution in [1.82, 2.24) is 0 Å².